The summed E-state index contributed by atoms with van der Waals surface area (Å²) in [6, 6.07) is 18.8. The molecule has 2 unspecified atom stereocenters. The Bertz CT molecular complexity index is 1170. The molecule has 0 radical (unpaired) electrons. The minimum absolute atomic E-state index is 0.216. The molecule has 1 saturated carbocycles. The highest BCUT2D eigenvalue weighted by Gasteiger charge is 2.54. The number of pyridine rings is 1. The molecule has 4 heteroatoms. The van der Waals surface area contributed by atoms with Crippen molar-refractivity contribution in [2.75, 3.05) is 13.2 Å². The van der Waals surface area contributed by atoms with Gasteiger partial charge in [0.05, 0.1) is 12.1 Å². The van der Waals surface area contributed by atoms with E-state index in [1.807, 2.05) is 12.3 Å². The van der Waals surface area contributed by atoms with Gasteiger partial charge in [0, 0.05) is 29.1 Å². The first kappa shape index (κ1) is 21.0. The van der Waals surface area contributed by atoms with Gasteiger partial charge in [0.25, 0.3) is 0 Å². The molecule has 0 bridgehead atoms. The fraction of sp³-hybridized carbons (Fsp3) is 0.448. The minimum Gasteiger partial charge on any atom is -0.369 e. The number of hydrogen-bond acceptors (Lipinski definition) is 4. The molecule has 1 aliphatic carbocycles. The van der Waals surface area contributed by atoms with Gasteiger partial charge >= 0.3 is 0 Å². The summed E-state index contributed by atoms with van der Waals surface area (Å²) in [5, 5.41) is 1.19. The number of rotatable bonds is 5. The van der Waals surface area contributed by atoms with Crippen molar-refractivity contribution in [3.63, 3.8) is 0 Å². The molecule has 170 valence electrons. The highest BCUT2D eigenvalue weighted by molar-refractivity contribution is 5.88. The Kier molecular flexibility index (Phi) is 5.31. The van der Waals surface area contributed by atoms with Crippen LogP contribution < -0.4 is 0 Å². The van der Waals surface area contributed by atoms with Crippen molar-refractivity contribution in [2.45, 2.75) is 69.1 Å². The molecule has 3 atom stereocenters. The van der Waals surface area contributed by atoms with Crippen LogP contribution in [0.3, 0.4) is 0 Å². The van der Waals surface area contributed by atoms with Gasteiger partial charge in [-0.15, -0.1) is 0 Å². The number of piperidine rings is 1. The van der Waals surface area contributed by atoms with Gasteiger partial charge in [-0.25, -0.2) is 0 Å². The highest BCUT2D eigenvalue weighted by atomic mass is 16.5. The lowest BCUT2D eigenvalue weighted by Gasteiger charge is -2.44. The molecule has 0 amide bonds. The van der Waals surface area contributed by atoms with Crippen LogP contribution in [-0.4, -0.2) is 47.5 Å². The van der Waals surface area contributed by atoms with Crippen LogP contribution in [-0.2, 0) is 14.9 Å². The van der Waals surface area contributed by atoms with Crippen molar-refractivity contribution in [1.29, 1.82) is 0 Å². The molecular formula is C29H32N2O2. The maximum atomic E-state index is 11.2. The van der Waals surface area contributed by atoms with Crippen molar-refractivity contribution in [3.05, 3.63) is 65.9 Å². The van der Waals surface area contributed by atoms with Crippen molar-refractivity contribution in [2.24, 2.45) is 0 Å². The number of aryl methyl sites for hydroxylation is 1. The van der Waals surface area contributed by atoms with Crippen LogP contribution in [0.2, 0.25) is 0 Å². The Morgan fingerprint density at radius 2 is 1.94 bits per heavy atom. The van der Waals surface area contributed by atoms with E-state index in [1.54, 1.807) is 0 Å². The van der Waals surface area contributed by atoms with Crippen molar-refractivity contribution >= 4 is 17.2 Å². The number of hydrogen-bond donors (Lipinski definition) is 0. The molecular weight excluding hydrogens is 408 g/mol. The van der Waals surface area contributed by atoms with Crippen LogP contribution in [0.15, 0.2) is 54.7 Å². The van der Waals surface area contributed by atoms with Gasteiger partial charge in [-0.3, -0.25) is 9.88 Å². The summed E-state index contributed by atoms with van der Waals surface area (Å²) < 4.78 is 5.75. The lowest BCUT2D eigenvalue weighted by Crippen LogP contribution is -2.52. The summed E-state index contributed by atoms with van der Waals surface area (Å²) >= 11 is 0. The summed E-state index contributed by atoms with van der Waals surface area (Å²) in [7, 11) is 0. The third-order valence-corrected chi connectivity index (χ3v) is 8.40. The number of likely N-dealkylation sites (tertiary alicyclic amines) is 1. The van der Waals surface area contributed by atoms with E-state index in [0.717, 1.165) is 24.8 Å². The maximum absolute atomic E-state index is 11.2. The molecule has 6 rings (SSSR count). The van der Waals surface area contributed by atoms with E-state index in [0.29, 0.717) is 18.7 Å². The molecule has 3 heterocycles. The average Bonchev–Trinajstić information content (AvgIpc) is 3.54. The second kappa shape index (κ2) is 8.34. The third kappa shape index (κ3) is 3.60. The van der Waals surface area contributed by atoms with E-state index in [-0.39, 0.29) is 11.5 Å². The predicted molar refractivity (Wildman–Crippen MR) is 131 cm³/mol. The normalized spacial score (nSPS) is 27.0. The first-order valence-corrected chi connectivity index (χ1v) is 12.5. The molecule has 0 N–H and O–H groups in total. The molecule has 2 aromatic carbocycles. The highest BCUT2D eigenvalue weighted by Crippen LogP contribution is 2.55. The molecule has 0 spiro atoms. The van der Waals surface area contributed by atoms with Gasteiger partial charge < -0.3 is 9.53 Å². The quantitative estimate of drug-likeness (QED) is 0.495. The molecule has 3 aliphatic rings. The Hall–Kier alpha value is -2.56. The Morgan fingerprint density at radius 1 is 1.09 bits per heavy atom. The molecule has 33 heavy (non-hydrogen) atoms. The smallest absolute Gasteiger partial charge is 0.148 e. The topological polar surface area (TPSA) is 42.4 Å². The molecule has 3 aromatic rings. The van der Waals surface area contributed by atoms with Crippen LogP contribution >= 0.6 is 0 Å². The Balaban J connectivity index is 1.28. The van der Waals surface area contributed by atoms with Gasteiger partial charge in [0.1, 0.15) is 12.4 Å². The number of fused-ring (bicyclic) bond motifs is 1. The van der Waals surface area contributed by atoms with Crippen LogP contribution in [0.4, 0.5) is 0 Å². The lowest BCUT2D eigenvalue weighted by atomic mass is 9.80. The molecule has 2 aliphatic heterocycles. The monoisotopic (exact) mass is 440 g/mol. The van der Waals surface area contributed by atoms with Crippen molar-refractivity contribution in [1.82, 2.24) is 9.88 Å². The summed E-state index contributed by atoms with van der Waals surface area (Å²) in [5.41, 5.74) is 6.59. The number of aromatic nitrogens is 1. The van der Waals surface area contributed by atoms with Crippen LogP contribution in [0, 0.1) is 6.92 Å². The summed E-state index contributed by atoms with van der Waals surface area (Å²) in [6.07, 6.45) is 9.82. The molecule has 4 nitrogen and oxygen atoms in total. The second-order valence-corrected chi connectivity index (χ2v) is 10.2. The SMILES string of the molecule is Cc1c(-c2ccc(C3(C4CCCCN4C4CO[C@@H](C=O)C4)CC3)cc2)ccc2cccnc12. The fourth-order valence-electron chi connectivity index (χ4n) is 6.48. The summed E-state index contributed by atoms with van der Waals surface area (Å²) in [6.45, 7) is 4.01. The third-order valence-electron chi connectivity index (χ3n) is 8.40. The Labute approximate surface area is 196 Å². The number of ether oxygens (including phenoxy) is 1. The number of carbonyl (C=O) groups excluding carboxylic acids is 1. The molecule has 2 saturated heterocycles. The zero-order chi connectivity index (χ0) is 22.4. The number of aldehydes is 1. The van der Waals surface area contributed by atoms with E-state index in [2.05, 4.69) is 59.3 Å². The lowest BCUT2D eigenvalue weighted by molar-refractivity contribution is -0.115. The van der Waals surface area contributed by atoms with Crippen LogP contribution in [0.1, 0.15) is 49.7 Å². The van der Waals surface area contributed by atoms with Crippen LogP contribution in [0.5, 0.6) is 0 Å². The van der Waals surface area contributed by atoms with Crippen LogP contribution in [0.25, 0.3) is 22.0 Å². The second-order valence-electron chi connectivity index (χ2n) is 10.2. The largest absolute Gasteiger partial charge is 0.369 e. The van der Waals surface area contributed by atoms with Gasteiger partial charge in [0.15, 0.2) is 0 Å². The summed E-state index contributed by atoms with van der Waals surface area (Å²) in [4.78, 5) is 18.6. The number of nitrogens with zero attached hydrogens (tertiary/aromatic N) is 2. The van der Waals surface area contributed by atoms with Gasteiger partial charge in [0.2, 0.25) is 0 Å². The number of carbonyl (C=O) groups is 1. The average molecular weight is 441 g/mol. The first-order valence-electron chi connectivity index (χ1n) is 12.5. The minimum atomic E-state index is -0.216. The fourth-order valence-corrected chi connectivity index (χ4v) is 6.48. The maximum Gasteiger partial charge on any atom is 0.148 e. The predicted octanol–water partition coefficient (Wildman–Crippen LogP) is 5.45. The first-order chi connectivity index (χ1) is 16.2. The van der Waals surface area contributed by atoms with E-state index >= 15 is 0 Å². The number of benzene rings is 2. The van der Waals surface area contributed by atoms with E-state index in [4.69, 9.17) is 4.74 Å². The van der Waals surface area contributed by atoms with E-state index in [1.165, 1.54) is 59.7 Å². The van der Waals surface area contributed by atoms with Crippen molar-refractivity contribution in [3.8, 4) is 11.1 Å². The molecule has 1 aromatic heterocycles. The summed E-state index contributed by atoms with van der Waals surface area (Å²) in [5.74, 6) is 0. The Morgan fingerprint density at radius 3 is 2.70 bits per heavy atom. The van der Waals surface area contributed by atoms with Gasteiger partial charge in [-0.1, -0.05) is 48.9 Å². The van der Waals surface area contributed by atoms with Crippen molar-refractivity contribution < 1.29 is 9.53 Å². The zero-order valence-electron chi connectivity index (χ0n) is 19.4. The standard InChI is InChI=1S/C29H32N2O2/c1-20-26(12-9-22-5-4-15-30-28(20)22)21-7-10-23(11-8-21)29(13-14-29)27-6-2-3-16-31(27)24-17-25(18-32)33-19-24/h4-5,7-12,15,18,24-25,27H,2-3,6,13-14,16-17,19H2,1H3/t24?,25-,27?/m1/s1. The van der Waals surface area contributed by atoms with E-state index in [9.17, 15) is 4.79 Å². The van der Waals surface area contributed by atoms with Gasteiger partial charge in [-0.2, -0.15) is 0 Å². The van der Waals surface area contributed by atoms with Gasteiger partial charge in [-0.05, 0) is 73.9 Å². The zero-order valence-corrected chi connectivity index (χ0v) is 19.4. The van der Waals surface area contributed by atoms with E-state index < -0.39 is 0 Å². The molecule has 3 fully saturated rings.